The Bertz CT molecular complexity index is 347. The summed E-state index contributed by atoms with van der Waals surface area (Å²) in [4.78, 5) is 15.5. The molecular weight excluding hydrogens is 178 g/mol. The second-order valence-electron chi connectivity index (χ2n) is 3.58. The maximum Gasteiger partial charge on any atom is 0.270 e. The molecule has 1 aliphatic carbocycles. The monoisotopic (exact) mass is 191 g/mol. The highest BCUT2D eigenvalue weighted by Gasteiger charge is 2.20. The van der Waals surface area contributed by atoms with E-state index >= 15 is 0 Å². The maximum atomic E-state index is 11.6. The van der Waals surface area contributed by atoms with Crippen LogP contribution in [0.15, 0.2) is 18.3 Å². The van der Waals surface area contributed by atoms with Crippen LogP contribution in [0.4, 0.5) is 5.69 Å². The normalized spacial score (nSPS) is 16.0. The molecule has 0 saturated heterocycles. The predicted octanol–water partition coefficient (Wildman–Crippen LogP) is 0.946. The average Bonchev–Trinajstić information content (AvgIpc) is 2.11. The number of carbonyl (C=O) groups excluding carboxylic acids is 1. The van der Waals surface area contributed by atoms with Gasteiger partial charge in [-0.2, -0.15) is 0 Å². The van der Waals surface area contributed by atoms with Gasteiger partial charge in [-0.15, -0.1) is 0 Å². The second kappa shape index (κ2) is 3.65. The van der Waals surface area contributed by atoms with Crippen molar-refractivity contribution in [1.82, 2.24) is 10.3 Å². The zero-order valence-corrected chi connectivity index (χ0v) is 7.86. The quantitative estimate of drug-likeness (QED) is 0.731. The van der Waals surface area contributed by atoms with Crippen LogP contribution in [-0.2, 0) is 0 Å². The highest BCUT2D eigenvalue weighted by Crippen LogP contribution is 2.18. The lowest BCUT2D eigenvalue weighted by Gasteiger charge is -2.26. The molecular formula is C10H13N3O. The Morgan fingerprint density at radius 3 is 2.93 bits per heavy atom. The number of hydrogen-bond acceptors (Lipinski definition) is 3. The topological polar surface area (TPSA) is 68.0 Å². The summed E-state index contributed by atoms with van der Waals surface area (Å²) in [6.45, 7) is 0. The molecule has 3 N–H and O–H groups in total. The molecule has 14 heavy (non-hydrogen) atoms. The number of carbonyl (C=O) groups is 1. The smallest absolute Gasteiger partial charge is 0.270 e. The largest absolute Gasteiger partial charge is 0.399 e. The van der Waals surface area contributed by atoms with E-state index in [9.17, 15) is 4.79 Å². The van der Waals surface area contributed by atoms with Gasteiger partial charge in [0.25, 0.3) is 5.91 Å². The van der Waals surface area contributed by atoms with Crippen LogP contribution in [0, 0.1) is 0 Å². The molecule has 1 fully saturated rings. The number of anilines is 1. The molecule has 0 aliphatic heterocycles. The van der Waals surface area contributed by atoms with E-state index in [1.807, 2.05) is 0 Å². The van der Waals surface area contributed by atoms with Crippen molar-refractivity contribution < 1.29 is 4.79 Å². The van der Waals surface area contributed by atoms with Crippen LogP contribution in [0.1, 0.15) is 29.8 Å². The van der Waals surface area contributed by atoms with Gasteiger partial charge in [0.15, 0.2) is 0 Å². The van der Waals surface area contributed by atoms with Crippen LogP contribution in [0.5, 0.6) is 0 Å². The molecule has 1 aromatic heterocycles. The lowest BCUT2D eigenvalue weighted by atomic mass is 9.93. The Kier molecular flexibility index (Phi) is 2.35. The van der Waals surface area contributed by atoms with Crippen LogP contribution in [0.2, 0.25) is 0 Å². The molecule has 0 bridgehead atoms. The number of nitrogens with one attached hydrogen (secondary N) is 1. The lowest BCUT2D eigenvalue weighted by molar-refractivity contribution is 0.0912. The third-order valence-electron chi connectivity index (χ3n) is 2.46. The second-order valence-corrected chi connectivity index (χ2v) is 3.58. The van der Waals surface area contributed by atoms with E-state index in [2.05, 4.69) is 10.3 Å². The van der Waals surface area contributed by atoms with Crippen molar-refractivity contribution in [1.29, 1.82) is 0 Å². The SMILES string of the molecule is Nc1ccnc(C(=O)NC2CCC2)c1. The number of aromatic nitrogens is 1. The molecule has 0 atom stereocenters. The number of amides is 1. The summed E-state index contributed by atoms with van der Waals surface area (Å²) < 4.78 is 0. The van der Waals surface area contributed by atoms with Crippen LogP contribution < -0.4 is 11.1 Å². The molecule has 1 aromatic rings. The Morgan fingerprint density at radius 2 is 2.36 bits per heavy atom. The molecule has 2 rings (SSSR count). The molecule has 0 aromatic carbocycles. The first-order valence-corrected chi connectivity index (χ1v) is 4.78. The highest BCUT2D eigenvalue weighted by molar-refractivity contribution is 5.93. The van der Waals surface area contributed by atoms with Gasteiger partial charge in [-0.1, -0.05) is 0 Å². The van der Waals surface area contributed by atoms with E-state index in [0.29, 0.717) is 17.4 Å². The minimum absolute atomic E-state index is 0.123. The zero-order chi connectivity index (χ0) is 9.97. The van der Waals surface area contributed by atoms with Crippen molar-refractivity contribution in [2.75, 3.05) is 5.73 Å². The van der Waals surface area contributed by atoms with Crippen molar-refractivity contribution in [3.05, 3.63) is 24.0 Å². The predicted molar refractivity (Wildman–Crippen MR) is 53.8 cm³/mol. The van der Waals surface area contributed by atoms with E-state index in [1.54, 1.807) is 18.3 Å². The van der Waals surface area contributed by atoms with Gasteiger partial charge in [0.2, 0.25) is 0 Å². The molecule has 0 radical (unpaired) electrons. The van der Waals surface area contributed by atoms with Gasteiger partial charge in [0, 0.05) is 17.9 Å². The minimum Gasteiger partial charge on any atom is -0.399 e. The maximum absolute atomic E-state index is 11.6. The third kappa shape index (κ3) is 1.84. The fourth-order valence-corrected chi connectivity index (χ4v) is 1.38. The van der Waals surface area contributed by atoms with Crippen molar-refractivity contribution in [2.24, 2.45) is 0 Å². The van der Waals surface area contributed by atoms with E-state index < -0.39 is 0 Å². The first kappa shape index (κ1) is 8.99. The van der Waals surface area contributed by atoms with Gasteiger partial charge in [-0.25, -0.2) is 0 Å². The standard InChI is InChI=1S/C10H13N3O/c11-7-4-5-12-9(6-7)10(14)13-8-2-1-3-8/h4-6,8H,1-3H2,(H2,11,12)(H,13,14). The summed E-state index contributed by atoms with van der Waals surface area (Å²) in [6, 6.07) is 3.60. The van der Waals surface area contributed by atoms with Gasteiger partial charge in [-0.3, -0.25) is 9.78 Å². The summed E-state index contributed by atoms with van der Waals surface area (Å²) >= 11 is 0. The van der Waals surface area contributed by atoms with Gasteiger partial charge in [-0.05, 0) is 31.4 Å². The van der Waals surface area contributed by atoms with Gasteiger partial charge in [0.05, 0.1) is 0 Å². The molecule has 1 amide bonds. The molecule has 1 aliphatic rings. The Hall–Kier alpha value is -1.58. The molecule has 0 spiro atoms. The Labute approximate surface area is 82.5 Å². The third-order valence-corrected chi connectivity index (χ3v) is 2.46. The summed E-state index contributed by atoms with van der Waals surface area (Å²) in [6.07, 6.45) is 4.91. The van der Waals surface area contributed by atoms with Crippen molar-refractivity contribution in [3.8, 4) is 0 Å². The first-order chi connectivity index (χ1) is 6.75. The summed E-state index contributed by atoms with van der Waals surface area (Å²) in [5, 5.41) is 2.90. The lowest BCUT2D eigenvalue weighted by Crippen LogP contribution is -2.39. The fourth-order valence-electron chi connectivity index (χ4n) is 1.38. The molecule has 4 nitrogen and oxygen atoms in total. The van der Waals surface area contributed by atoms with Crippen LogP contribution >= 0.6 is 0 Å². The average molecular weight is 191 g/mol. The Morgan fingerprint density at radius 1 is 1.57 bits per heavy atom. The Balaban J connectivity index is 2.02. The van der Waals surface area contributed by atoms with E-state index in [-0.39, 0.29) is 5.91 Å². The van der Waals surface area contributed by atoms with Crippen LogP contribution in [0.25, 0.3) is 0 Å². The van der Waals surface area contributed by atoms with Gasteiger partial charge in [0.1, 0.15) is 5.69 Å². The van der Waals surface area contributed by atoms with Crippen LogP contribution in [0.3, 0.4) is 0 Å². The molecule has 1 saturated carbocycles. The molecule has 1 heterocycles. The minimum atomic E-state index is -0.123. The zero-order valence-electron chi connectivity index (χ0n) is 7.86. The number of nitrogen functional groups attached to an aromatic ring is 1. The van der Waals surface area contributed by atoms with Gasteiger partial charge >= 0.3 is 0 Å². The van der Waals surface area contributed by atoms with E-state index in [4.69, 9.17) is 5.73 Å². The summed E-state index contributed by atoms with van der Waals surface area (Å²) in [7, 11) is 0. The number of rotatable bonds is 2. The van der Waals surface area contributed by atoms with Gasteiger partial charge < -0.3 is 11.1 Å². The highest BCUT2D eigenvalue weighted by atomic mass is 16.1. The summed E-state index contributed by atoms with van der Waals surface area (Å²) in [5.74, 6) is -0.123. The van der Waals surface area contributed by atoms with Crippen LogP contribution in [-0.4, -0.2) is 16.9 Å². The van der Waals surface area contributed by atoms with Crippen molar-refractivity contribution in [3.63, 3.8) is 0 Å². The number of nitrogens with two attached hydrogens (primary N) is 1. The van der Waals surface area contributed by atoms with Crippen molar-refractivity contribution in [2.45, 2.75) is 25.3 Å². The van der Waals surface area contributed by atoms with Crippen molar-refractivity contribution >= 4 is 11.6 Å². The molecule has 0 unspecified atom stereocenters. The fraction of sp³-hybridized carbons (Fsp3) is 0.400. The van der Waals surface area contributed by atoms with E-state index in [0.717, 1.165) is 12.8 Å². The van der Waals surface area contributed by atoms with E-state index in [1.165, 1.54) is 6.42 Å². The molecule has 4 heteroatoms. The molecule has 74 valence electrons. The number of hydrogen-bond donors (Lipinski definition) is 2. The first-order valence-electron chi connectivity index (χ1n) is 4.78. The number of nitrogens with zero attached hydrogens (tertiary/aromatic N) is 1. The number of pyridine rings is 1. The summed E-state index contributed by atoms with van der Waals surface area (Å²) in [5.41, 5.74) is 6.52.